The minimum atomic E-state index is -0.0116. The molecule has 0 unspecified atom stereocenters. The zero-order chi connectivity index (χ0) is 17.4. The molecule has 1 aliphatic heterocycles. The molecule has 4 rings (SSSR count). The molecule has 3 aromatic rings. The molecule has 0 bridgehead atoms. The highest BCUT2D eigenvalue weighted by Crippen LogP contribution is 2.37. The van der Waals surface area contributed by atoms with Crippen molar-refractivity contribution in [2.75, 3.05) is 18.1 Å². The van der Waals surface area contributed by atoms with E-state index in [0.29, 0.717) is 24.6 Å². The Morgan fingerprint density at radius 2 is 2.16 bits per heavy atom. The maximum Gasteiger partial charge on any atom is 0.224 e. The van der Waals surface area contributed by atoms with Crippen molar-refractivity contribution in [1.29, 1.82) is 0 Å². The van der Waals surface area contributed by atoms with Gasteiger partial charge < -0.3 is 9.64 Å². The van der Waals surface area contributed by atoms with Gasteiger partial charge in [-0.25, -0.2) is 0 Å². The van der Waals surface area contributed by atoms with Gasteiger partial charge in [0.2, 0.25) is 5.91 Å². The molecule has 0 fully saturated rings. The second kappa shape index (κ2) is 6.01. The van der Waals surface area contributed by atoms with Gasteiger partial charge in [0, 0.05) is 18.2 Å². The molecule has 7 nitrogen and oxygen atoms in total. The average molecular weight is 335 g/mol. The Labute approximate surface area is 144 Å². The van der Waals surface area contributed by atoms with Crippen molar-refractivity contribution in [3.63, 3.8) is 0 Å². The summed E-state index contributed by atoms with van der Waals surface area (Å²) >= 11 is 0. The van der Waals surface area contributed by atoms with Crippen molar-refractivity contribution < 1.29 is 9.53 Å². The number of pyridine rings is 1. The number of aryl methyl sites for hydroxylation is 1. The van der Waals surface area contributed by atoms with Crippen LogP contribution < -0.4 is 9.64 Å². The molecule has 25 heavy (non-hydrogen) atoms. The molecule has 1 aromatic carbocycles. The number of ether oxygens (including phenoxy) is 1. The van der Waals surface area contributed by atoms with Gasteiger partial charge in [-0.05, 0) is 37.3 Å². The number of nitrogens with zero attached hydrogens (tertiary/aromatic N) is 4. The number of aromatic amines is 1. The highest BCUT2D eigenvalue weighted by molar-refractivity contribution is 5.95. The fraction of sp³-hybridized carbons (Fsp3) is 0.222. The summed E-state index contributed by atoms with van der Waals surface area (Å²) in [6, 6.07) is 11.5. The number of hydrogen-bond acceptors (Lipinski definition) is 5. The van der Waals surface area contributed by atoms with Crippen molar-refractivity contribution in [2.24, 2.45) is 0 Å². The number of nitrogens with one attached hydrogen (secondary N) is 1. The van der Waals surface area contributed by atoms with E-state index in [-0.39, 0.29) is 5.91 Å². The Morgan fingerprint density at radius 3 is 2.96 bits per heavy atom. The second-order valence-electron chi connectivity index (χ2n) is 5.90. The largest absolute Gasteiger partial charge is 0.490 e. The molecule has 126 valence electrons. The quantitative estimate of drug-likeness (QED) is 0.778. The molecule has 0 saturated carbocycles. The van der Waals surface area contributed by atoms with E-state index >= 15 is 0 Å². The number of carbonyl (C=O) groups excluding carboxylic acids is 1. The van der Waals surface area contributed by atoms with Crippen LogP contribution in [0.15, 0.2) is 36.4 Å². The second-order valence-corrected chi connectivity index (χ2v) is 5.90. The van der Waals surface area contributed by atoms with Gasteiger partial charge >= 0.3 is 0 Å². The smallest absolute Gasteiger partial charge is 0.224 e. The first-order chi connectivity index (χ1) is 12.1. The van der Waals surface area contributed by atoms with Gasteiger partial charge in [0.15, 0.2) is 0 Å². The molecule has 0 atom stereocenters. The number of aromatic nitrogens is 4. The summed E-state index contributed by atoms with van der Waals surface area (Å²) in [7, 11) is 0. The number of fused-ring (bicyclic) bond motifs is 1. The minimum absolute atomic E-state index is 0.0116. The number of anilines is 1. The number of carbonyl (C=O) groups is 1. The fourth-order valence-corrected chi connectivity index (χ4v) is 2.98. The van der Waals surface area contributed by atoms with E-state index in [1.165, 1.54) is 0 Å². The van der Waals surface area contributed by atoms with Crippen molar-refractivity contribution >= 4 is 11.6 Å². The van der Waals surface area contributed by atoms with Gasteiger partial charge in [-0.15, -0.1) is 5.10 Å². The summed E-state index contributed by atoms with van der Waals surface area (Å²) in [5.74, 6) is 0.686. The maximum absolute atomic E-state index is 11.9. The number of benzene rings is 1. The molecule has 0 spiro atoms. The molecule has 3 heterocycles. The number of amides is 1. The minimum Gasteiger partial charge on any atom is -0.490 e. The standard InChI is InChI=1S/C18H17N5O2/c1-11-4-3-5-14(19-11)18-17(20-22-21-18)13-6-7-16-15(10-13)23(12(2)24)8-9-25-16/h3-7,10H,8-9H2,1-2H3,(H,20,21,22). The fourth-order valence-electron chi connectivity index (χ4n) is 2.98. The zero-order valence-corrected chi connectivity index (χ0v) is 14.0. The molecule has 7 heteroatoms. The van der Waals surface area contributed by atoms with Crippen LogP contribution in [0.2, 0.25) is 0 Å². The maximum atomic E-state index is 11.9. The van der Waals surface area contributed by atoms with E-state index in [1.54, 1.807) is 11.8 Å². The summed E-state index contributed by atoms with van der Waals surface area (Å²) in [5, 5.41) is 11.1. The monoisotopic (exact) mass is 335 g/mol. The molecular weight excluding hydrogens is 318 g/mol. The first-order valence-electron chi connectivity index (χ1n) is 8.04. The van der Waals surface area contributed by atoms with Crippen LogP contribution in [-0.4, -0.2) is 39.5 Å². The van der Waals surface area contributed by atoms with Crippen LogP contribution in [0, 0.1) is 6.92 Å². The molecule has 0 aliphatic carbocycles. The van der Waals surface area contributed by atoms with Crippen molar-refractivity contribution in [2.45, 2.75) is 13.8 Å². The lowest BCUT2D eigenvalue weighted by Crippen LogP contribution is -2.36. The summed E-state index contributed by atoms with van der Waals surface area (Å²) in [6.07, 6.45) is 0. The number of hydrogen-bond donors (Lipinski definition) is 1. The molecule has 0 saturated heterocycles. The third-order valence-electron chi connectivity index (χ3n) is 4.17. The Kier molecular flexibility index (Phi) is 3.68. The molecule has 2 aromatic heterocycles. The average Bonchev–Trinajstić information content (AvgIpc) is 3.10. The Bertz CT molecular complexity index is 950. The third kappa shape index (κ3) is 2.73. The van der Waals surface area contributed by atoms with E-state index in [0.717, 1.165) is 28.3 Å². The van der Waals surface area contributed by atoms with Crippen molar-refractivity contribution in [1.82, 2.24) is 20.4 Å². The highest BCUT2D eigenvalue weighted by Gasteiger charge is 2.23. The topological polar surface area (TPSA) is 84.0 Å². The van der Waals surface area contributed by atoms with Crippen molar-refractivity contribution in [3.05, 3.63) is 42.1 Å². The zero-order valence-electron chi connectivity index (χ0n) is 14.0. The van der Waals surface area contributed by atoms with Crippen LogP contribution in [0.3, 0.4) is 0 Å². The van der Waals surface area contributed by atoms with E-state index in [4.69, 9.17) is 4.74 Å². The van der Waals surface area contributed by atoms with E-state index in [2.05, 4.69) is 20.4 Å². The summed E-state index contributed by atoms with van der Waals surface area (Å²) < 4.78 is 5.66. The third-order valence-corrected chi connectivity index (χ3v) is 4.17. The van der Waals surface area contributed by atoms with Crippen LogP contribution in [0.25, 0.3) is 22.6 Å². The van der Waals surface area contributed by atoms with Gasteiger partial charge in [0.05, 0.1) is 17.9 Å². The van der Waals surface area contributed by atoms with Crippen LogP contribution in [-0.2, 0) is 4.79 Å². The summed E-state index contributed by atoms with van der Waals surface area (Å²) in [6.45, 7) is 4.53. The summed E-state index contributed by atoms with van der Waals surface area (Å²) in [5.41, 5.74) is 4.73. The van der Waals surface area contributed by atoms with Crippen LogP contribution >= 0.6 is 0 Å². The lowest BCUT2D eigenvalue weighted by atomic mass is 10.1. The van der Waals surface area contributed by atoms with Crippen molar-refractivity contribution in [3.8, 4) is 28.4 Å². The predicted octanol–water partition coefficient (Wildman–Crippen LogP) is 2.59. The molecule has 1 amide bonds. The molecular formula is C18H17N5O2. The SMILES string of the molecule is CC(=O)N1CCOc2ccc(-c3nn[nH]c3-c3cccc(C)n3)cc21. The van der Waals surface area contributed by atoms with Gasteiger partial charge in [-0.3, -0.25) is 14.9 Å². The first kappa shape index (κ1) is 15.3. The Hall–Kier alpha value is -3.22. The highest BCUT2D eigenvalue weighted by atomic mass is 16.5. The Morgan fingerprint density at radius 1 is 1.28 bits per heavy atom. The number of H-pyrrole nitrogens is 1. The van der Waals surface area contributed by atoms with E-state index in [9.17, 15) is 4.79 Å². The first-order valence-corrected chi connectivity index (χ1v) is 8.04. The predicted molar refractivity (Wildman–Crippen MR) is 93.3 cm³/mol. The van der Waals surface area contributed by atoms with Gasteiger partial charge in [0.1, 0.15) is 23.7 Å². The van der Waals surface area contributed by atoms with E-state index < -0.39 is 0 Å². The van der Waals surface area contributed by atoms with Crippen LogP contribution in [0.4, 0.5) is 5.69 Å². The molecule has 0 radical (unpaired) electrons. The Balaban J connectivity index is 1.81. The molecule has 1 aliphatic rings. The lowest BCUT2D eigenvalue weighted by molar-refractivity contribution is -0.116. The molecule has 1 N–H and O–H groups in total. The van der Waals surface area contributed by atoms with Crippen LogP contribution in [0.5, 0.6) is 5.75 Å². The lowest BCUT2D eigenvalue weighted by Gasteiger charge is -2.29. The van der Waals surface area contributed by atoms with E-state index in [1.807, 2.05) is 43.3 Å². The van der Waals surface area contributed by atoms with Gasteiger partial charge in [0.25, 0.3) is 0 Å². The van der Waals surface area contributed by atoms with Gasteiger partial charge in [-0.1, -0.05) is 11.3 Å². The normalized spacial score (nSPS) is 13.3. The van der Waals surface area contributed by atoms with Crippen LogP contribution in [0.1, 0.15) is 12.6 Å². The summed E-state index contributed by atoms with van der Waals surface area (Å²) in [4.78, 5) is 18.2. The van der Waals surface area contributed by atoms with Gasteiger partial charge in [-0.2, -0.15) is 0 Å². The number of rotatable bonds is 2.